The molecule has 0 radical (unpaired) electrons. The first-order valence-corrected chi connectivity index (χ1v) is 8.37. The van der Waals surface area contributed by atoms with Crippen molar-refractivity contribution in [2.45, 2.75) is 57.5 Å². The molecule has 22 heavy (non-hydrogen) atoms. The van der Waals surface area contributed by atoms with Crippen LogP contribution in [0.3, 0.4) is 0 Å². The van der Waals surface area contributed by atoms with Crippen LogP contribution in [0.5, 0.6) is 0 Å². The van der Waals surface area contributed by atoms with Gasteiger partial charge in [-0.1, -0.05) is 31.4 Å². The van der Waals surface area contributed by atoms with Crippen LogP contribution in [0.1, 0.15) is 50.5 Å². The van der Waals surface area contributed by atoms with E-state index in [4.69, 9.17) is 4.74 Å². The van der Waals surface area contributed by atoms with Gasteiger partial charge in [0.25, 0.3) is 0 Å². The smallest absolute Gasteiger partial charge is 0.220 e. The van der Waals surface area contributed by atoms with Gasteiger partial charge in [-0.05, 0) is 43.4 Å². The van der Waals surface area contributed by atoms with Crippen LogP contribution >= 0.6 is 0 Å². The number of hydrogen-bond acceptors (Lipinski definition) is 2. The Hall–Kier alpha value is -1.42. The second kappa shape index (κ2) is 9.57. The summed E-state index contributed by atoms with van der Waals surface area (Å²) < 4.78 is 18.8. The second-order valence-electron chi connectivity index (χ2n) is 5.96. The zero-order valence-corrected chi connectivity index (χ0v) is 13.2. The van der Waals surface area contributed by atoms with Crippen molar-refractivity contribution in [1.29, 1.82) is 0 Å². The molecule has 1 aliphatic rings. The highest BCUT2D eigenvalue weighted by Crippen LogP contribution is 2.20. The number of aryl methyl sites for hydroxylation is 1. The molecule has 0 heterocycles. The van der Waals surface area contributed by atoms with Crippen LogP contribution in [0.15, 0.2) is 24.3 Å². The minimum Gasteiger partial charge on any atom is -0.378 e. The van der Waals surface area contributed by atoms with Gasteiger partial charge >= 0.3 is 0 Å². The van der Waals surface area contributed by atoms with E-state index in [1.165, 1.54) is 44.2 Å². The molecule has 0 aromatic heterocycles. The van der Waals surface area contributed by atoms with E-state index in [0.29, 0.717) is 25.5 Å². The lowest BCUT2D eigenvalue weighted by molar-refractivity contribution is -0.121. The van der Waals surface area contributed by atoms with Gasteiger partial charge in [-0.25, -0.2) is 4.39 Å². The Kier molecular flexibility index (Phi) is 7.37. The van der Waals surface area contributed by atoms with Crippen molar-refractivity contribution < 1.29 is 13.9 Å². The number of carbonyl (C=O) groups is 1. The molecule has 1 aromatic rings. The van der Waals surface area contributed by atoms with Crippen molar-refractivity contribution >= 4 is 5.91 Å². The molecule has 0 unspecified atom stereocenters. The van der Waals surface area contributed by atoms with E-state index in [1.807, 2.05) is 6.07 Å². The Morgan fingerprint density at radius 1 is 1.27 bits per heavy atom. The van der Waals surface area contributed by atoms with Gasteiger partial charge < -0.3 is 10.1 Å². The highest BCUT2D eigenvalue weighted by atomic mass is 19.1. The maximum Gasteiger partial charge on any atom is 0.220 e. The van der Waals surface area contributed by atoms with Crippen molar-refractivity contribution in [2.75, 3.05) is 13.2 Å². The van der Waals surface area contributed by atoms with Crippen LogP contribution in [-0.2, 0) is 16.0 Å². The molecule has 1 aliphatic carbocycles. The van der Waals surface area contributed by atoms with Crippen LogP contribution in [0.2, 0.25) is 0 Å². The number of rotatable bonds is 8. The summed E-state index contributed by atoms with van der Waals surface area (Å²) in [4.78, 5) is 11.7. The largest absolute Gasteiger partial charge is 0.378 e. The highest BCUT2D eigenvalue weighted by molar-refractivity contribution is 5.76. The third-order valence-electron chi connectivity index (χ3n) is 4.08. The molecular formula is C18H26FNO2. The monoisotopic (exact) mass is 307 g/mol. The fourth-order valence-electron chi connectivity index (χ4n) is 2.82. The lowest BCUT2D eigenvalue weighted by Gasteiger charge is -2.21. The molecule has 1 N–H and O–H groups in total. The lowest BCUT2D eigenvalue weighted by atomic mass is 9.98. The van der Waals surface area contributed by atoms with E-state index in [2.05, 4.69) is 5.32 Å². The summed E-state index contributed by atoms with van der Waals surface area (Å²) in [5.74, 6) is -0.236. The van der Waals surface area contributed by atoms with Crippen molar-refractivity contribution in [1.82, 2.24) is 5.32 Å². The van der Waals surface area contributed by atoms with Crippen molar-refractivity contribution in [3.05, 3.63) is 35.6 Å². The standard InChI is InChI=1S/C18H26FNO2/c19-16-7-4-6-15(14-16)10-11-18(21)20-12-5-13-22-17-8-2-1-3-9-17/h4,6-7,14,17H,1-3,5,8-13H2,(H,20,21). The number of hydrogen-bond donors (Lipinski definition) is 1. The molecule has 1 amide bonds. The third kappa shape index (κ3) is 6.56. The maximum absolute atomic E-state index is 13.0. The van der Waals surface area contributed by atoms with E-state index in [-0.39, 0.29) is 11.7 Å². The number of benzene rings is 1. The fourth-order valence-corrected chi connectivity index (χ4v) is 2.82. The van der Waals surface area contributed by atoms with E-state index >= 15 is 0 Å². The SMILES string of the molecule is O=C(CCc1cccc(F)c1)NCCCOC1CCCCC1. The number of nitrogens with one attached hydrogen (secondary N) is 1. The van der Waals surface area contributed by atoms with Crippen molar-refractivity contribution in [3.8, 4) is 0 Å². The van der Waals surface area contributed by atoms with Crippen LogP contribution in [0, 0.1) is 5.82 Å². The van der Waals surface area contributed by atoms with Gasteiger partial charge in [0, 0.05) is 19.6 Å². The average Bonchev–Trinajstić information content (AvgIpc) is 2.54. The molecule has 3 nitrogen and oxygen atoms in total. The van der Waals surface area contributed by atoms with Crippen LogP contribution in [0.25, 0.3) is 0 Å². The molecule has 0 atom stereocenters. The number of carbonyl (C=O) groups excluding carboxylic acids is 1. The topological polar surface area (TPSA) is 38.3 Å². The predicted octanol–water partition coefficient (Wildman–Crippen LogP) is 3.61. The van der Waals surface area contributed by atoms with Gasteiger partial charge in [0.15, 0.2) is 0 Å². The molecule has 4 heteroatoms. The summed E-state index contributed by atoms with van der Waals surface area (Å²) in [6.07, 6.45) is 8.50. The molecule has 0 aliphatic heterocycles. The van der Waals surface area contributed by atoms with Crippen LogP contribution in [0.4, 0.5) is 4.39 Å². The molecule has 122 valence electrons. The molecule has 0 spiro atoms. The second-order valence-corrected chi connectivity index (χ2v) is 5.96. The Balaban J connectivity index is 1.50. The van der Waals surface area contributed by atoms with Crippen LogP contribution < -0.4 is 5.32 Å². The molecule has 1 aromatic carbocycles. The third-order valence-corrected chi connectivity index (χ3v) is 4.08. The summed E-state index contributed by atoms with van der Waals surface area (Å²) in [5, 5.41) is 2.89. The summed E-state index contributed by atoms with van der Waals surface area (Å²) in [7, 11) is 0. The zero-order valence-electron chi connectivity index (χ0n) is 13.2. The Morgan fingerprint density at radius 2 is 2.09 bits per heavy atom. The Bertz CT molecular complexity index is 458. The lowest BCUT2D eigenvalue weighted by Crippen LogP contribution is -2.26. The average molecular weight is 307 g/mol. The first-order valence-electron chi connectivity index (χ1n) is 8.37. The van der Waals surface area contributed by atoms with Gasteiger partial charge in [0.2, 0.25) is 5.91 Å². The van der Waals surface area contributed by atoms with Gasteiger partial charge in [-0.3, -0.25) is 4.79 Å². The molecule has 0 saturated heterocycles. The van der Waals surface area contributed by atoms with Gasteiger partial charge in [0.1, 0.15) is 5.82 Å². The van der Waals surface area contributed by atoms with E-state index in [1.54, 1.807) is 6.07 Å². The predicted molar refractivity (Wildman–Crippen MR) is 85.2 cm³/mol. The van der Waals surface area contributed by atoms with E-state index in [0.717, 1.165) is 18.6 Å². The van der Waals surface area contributed by atoms with Crippen LogP contribution in [-0.4, -0.2) is 25.2 Å². The first-order chi connectivity index (χ1) is 10.7. The molecule has 0 bridgehead atoms. The molecular weight excluding hydrogens is 281 g/mol. The number of ether oxygens (including phenoxy) is 1. The highest BCUT2D eigenvalue weighted by Gasteiger charge is 2.13. The minimum absolute atomic E-state index is 0.0157. The van der Waals surface area contributed by atoms with E-state index in [9.17, 15) is 9.18 Å². The number of amides is 1. The minimum atomic E-state index is -0.252. The Labute approximate surface area is 132 Å². The molecule has 1 saturated carbocycles. The fraction of sp³-hybridized carbons (Fsp3) is 0.611. The van der Waals surface area contributed by atoms with Gasteiger partial charge in [-0.15, -0.1) is 0 Å². The van der Waals surface area contributed by atoms with Crippen molar-refractivity contribution in [3.63, 3.8) is 0 Å². The summed E-state index contributed by atoms with van der Waals surface area (Å²) >= 11 is 0. The van der Waals surface area contributed by atoms with Gasteiger partial charge in [0.05, 0.1) is 6.10 Å². The van der Waals surface area contributed by atoms with Gasteiger partial charge in [-0.2, -0.15) is 0 Å². The number of halogens is 1. The first kappa shape index (κ1) is 16.9. The normalized spacial score (nSPS) is 15.7. The van der Waals surface area contributed by atoms with Crippen molar-refractivity contribution in [2.24, 2.45) is 0 Å². The summed E-state index contributed by atoms with van der Waals surface area (Å²) in [6, 6.07) is 6.40. The zero-order chi connectivity index (χ0) is 15.6. The molecule has 1 fully saturated rings. The Morgan fingerprint density at radius 3 is 2.86 bits per heavy atom. The maximum atomic E-state index is 13.0. The summed E-state index contributed by atoms with van der Waals surface area (Å²) in [5.41, 5.74) is 0.857. The van der Waals surface area contributed by atoms with E-state index < -0.39 is 0 Å². The summed E-state index contributed by atoms with van der Waals surface area (Å²) in [6.45, 7) is 1.36. The quantitative estimate of drug-likeness (QED) is 0.745. The molecule has 2 rings (SSSR count).